The molecule has 0 saturated heterocycles. The summed E-state index contributed by atoms with van der Waals surface area (Å²) in [6.45, 7) is 8.68. The first-order chi connectivity index (χ1) is 10.9. The summed E-state index contributed by atoms with van der Waals surface area (Å²) >= 11 is 0. The van der Waals surface area contributed by atoms with E-state index in [1.165, 1.54) is 11.1 Å². The summed E-state index contributed by atoms with van der Waals surface area (Å²) < 4.78 is 2.04. The molecule has 1 aromatic heterocycles. The summed E-state index contributed by atoms with van der Waals surface area (Å²) in [5.74, 6) is 0. The molecule has 0 spiro atoms. The lowest BCUT2D eigenvalue weighted by molar-refractivity contribution is 0.0714. The van der Waals surface area contributed by atoms with Crippen molar-refractivity contribution in [1.29, 1.82) is 0 Å². The first-order valence-electron chi connectivity index (χ1n) is 8.21. The van der Waals surface area contributed by atoms with Crippen molar-refractivity contribution in [3.05, 3.63) is 48.0 Å². The third kappa shape index (κ3) is 5.64. The summed E-state index contributed by atoms with van der Waals surface area (Å²) in [5.41, 5.74) is 3.91. The molecule has 0 unspecified atom stereocenters. The molecule has 0 aliphatic rings. The number of aromatic nitrogens is 2. The van der Waals surface area contributed by atoms with Gasteiger partial charge in [-0.05, 0) is 57.2 Å². The maximum absolute atomic E-state index is 9.89. The number of nitrogens with zero attached hydrogens (tertiary/aromatic N) is 3. The predicted octanol–water partition coefficient (Wildman–Crippen LogP) is 4.08. The highest BCUT2D eigenvalue weighted by Gasteiger charge is 2.12. The van der Waals surface area contributed by atoms with Crippen LogP contribution in [-0.4, -0.2) is 26.0 Å². The maximum atomic E-state index is 9.89. The van der Waals surface area contributed by atoms with Crippen LogP contribution in [0.15, 0.2) is 41.9 Å². The van der Waals surface area contributed by atoms with Gasteiger partial charge in [-0.1, -0.05) is 19.1 Å². The molecule has 0 fully saturated rings. The van der Waals surface area contributed by atoms with Crippen LogP contribution in [0.1, 0.15) is 44.7 Å². The molecule has 1 aromatic carbocycles. The molecule has 0 aliphatic carbocycles. The Hall–Kier alpha value is -1.94. The quantitative estimate of drug-likeness (QED) is 0.783. The Morgan fingerprint density at radius 1 is 1.35 bits per heavy atom. The number of hydrogen-bond acceptors (Lipinski definition) is 3. The number of aliphatic imine (C=N–C) groups is 1. The van der Waals surface area contributed by atoms with Crippen LogP contribution in [0.2, 0.25) is 0 Å². The molecule has 0 amide bonds. The van der Waals surface area contributed by atoms with Gasteiger partial charge < -0.3 is 9.67 Å². The average molecular weight is 313 g/mol. The van der Waals surface area contributed by atoms with Gasteiger partial charge in [0.05, 0.1) is 24.2 Å². The summed E-state index contributed by atoms with van der Waals surface area (Å²) in [7, 11) is 0. The standard InChI is InChI=1S/C19H27N3O/c1-5-17(13-22-11-10-20-14-22)21-18-12-16(7-6-15(18)2)8-9-19(3,4)23/h6-7,10-12,14,23H,5,8-9,13H2,1-4H3. The van der Waals surface area contributed by atoms with Crippen molar-refractivity contribution >= 4 is 11.4 Å². The zero-order valence-corrected chi connectivity index (χ0v) is 14.6. The molecule has 124 valence electrons. The molecule has 2 aromatic rings. The number of aliphatic hydroxyl groups is 1. The Morgan fingerprint density at radius 2 is 2.13 bits per heavy atom. The number of aryl methyl sites for hydroxylation is 2. The minimum absolute atomic E-state index is 0.635. The van der Waals surface area contributed by atoms with Gasteiger partial charge in [-0.3, -0.25) is 4.99 Å². The molecule has 4 nitrogen and oxygen atoms in total. The fraction of sp³-hybridized carbons (Fsp3) is 0.474. The predicted molar refractivity (Wildman–Crippen MR) is 95.4 cm³/mol. The molecular weight excluding hydrogens is 286 g/mol. The third-order valence-electron chi connectivity index (χ3n) is 3.91. The molecule has 2 rings (SSSR count). The van der Waals surface area contributed by atoms with Crippen LogP contribution < -0.4 is 0 Å². The minimum Gasteiger partial charge on any atom is -0.390 e. The summed E-state index contributed by atoms with van der Waals surface area (Å²) in [5, 5.41) is 9.89. The van der Waals surface area contributed by atoms with Crippen molar-refractivity contribution in [2.24, 2.45) is 4.99 Å². The molecular formula is C19H27N3O. The summed E-state index contributed by atoms with van der Waals surface area (Å²) in [4.78, 5) is 8.94. The Balaban J connectivity index is 2.18. The van der Waals surface area contributed by atoms with E-state index in [0.29, 0.717) is 0 Å². The van der Waals surface area contributed by atoms with Crippen LogP contribution in [-0.2, 0) is 13.0 Å². The van der Waals surface area contributed by atoms with E-state index in [0.717, 1.165) is 37.2 Å². The van der Waals surface area contributed by atoms with Gasteiger partial charge in [-0.15, -0.1) is 0 Å². The minimum atomic E-state index is -0.635. The van der Waals surface area contributed by atoms with Gasteiger partial charge in [0.25, 0.3) is 0 Å². The van der Waals surface area contributed by atoms with Crippen LogP contribution in [0.4, 0.5) is 5.69 Å². The second-order valence-corrected chi connectivity index (χ2v) is 6.70. The van der Waals surface area contributed by atoms with E-state index >= 15 is 0 Å². The highest BCUT2D eigenvalue weighted by atomic mass is 16.3. The number of hydrogen-bond donors (Lipinski definition) is 1. The molecule has 0 atom stereocenters. The third-order valence-corrected chi connectivity index (χ3v) is 3.91. The second-order valence-electron chi connectivity index (χ2n) is 6.70. The second kappa shape index (κ2) is 7.55. The van der Waals surface area contributed by atoms with E-state index in [4.69, 9.17) is 4.99 Å². The van der Waals surface area contributed by atoms with Crippen molar-refractivity contribution < 1.29 is 5.11 Å². The zero-order chi connectivity index (χ0) is 16.9. The van der Waals surface area contributed by atoms with Crippen LogP contribution in [0.5, 0.6) is 0 Å². The number of imidazole rings is 1. The van der Waals surface area contributed by atoms with Gasteiger partial charge in [0.2, 0.25) is 0 Å². The molecule has 0 radical (unpaired) electrons. The van der Waals surface area contributed by atoms with Gasteiger partial charge in [-0.2, -0.15) is 0 Å². The lowest BCUT2D eigenvalue weighted by Crippen LogP contribution is -2.19. The van der Waals surface area contributed by atoms with E-state index in [-0.39, 0.29) is 0 Å². The summed E-state index contributed by atoms with van der Waals surface area (Å²) in [6.07, 6.45) is 8.07. The Labute approximate surface area is 138 Å². The van der Waals surface area contributed by atoms with E-state index < -0.39 is 5.60 Å². The van der Waals surface area contributed by atoms with E-state index in [2.05, 4.69) is 37.0 Å². The van der Waals surface area contributed by atoms with Crippen molar-refractivity contribution in [3.63, 3.8) is 0 Å². The molecule has 0 bridgehead atoms. The molecule has 1 N–H and O–H groups in total. The van der Waals surface area contributed by atoms with Crippen LogP contribution in [0, 0.1) is 6.92 Å². The van der Waals surface area contributed by atoms with Crippen LogP contribution in [0.25, 0.3) is 0 Å². The van der Waals surface area contributed by atoms with Crippen molar-refractivity contribution in [2.45, 2.75) is 59.1 Å². The summed E-state index contributed by atoms with van der Waals surface area (Å²) in [6, 6.07) is 6.38. The molecule has 0 saturated carbocycles. The lowest BCUT2D eigenvalue weighted by atomic mass is 9.98. The topological polar surface area (TPSA) is 50.4 Å². The fourth-order valence-electron chi connectivity index (χ4n) is 2.37. The average Bonchev–Trinajstić information content (AvgIpc) is 2.99. The van der Waals surface area contributed by atoms with Crippen molar-refractivity contribution in [2.75, 3.05) is 0 Å². The highest BCUT2D eigenvalue weighted by molar-refractivity contribution is 5.86. The first-order valence-corrected chi connectivity index (χ1v) is 8.21. The van der Waals surface area contributed by atoms with Gasteiger partial charge in [-0.25, -0.2) is 4.98 Å². The number of rotatable bonds is 7. The van der Waals surface area contributed by atoms with Crippen molar-refractivity contribution in [1.82, 2.24) is 9.55 Å². The Kier molecular flexibility index (Phi) is 5.72. The smallest absolute Gasteiger partial charge is 0.0949 e. The van der Waals surface area contributed by atoms with Crippen LogP contribution >= 0.6 is 0 Å². The number of benzene rings is 1. The Bertz CT molecular complexity index is 652. The first kappa shape index (κ1) is 17.4. The molecule has 23 heavy (non-hydrogen) atoms. The SMILES string of the molecule is CCC(Cn1ccnc1)=Nc1cc(CCC(C)(C)O)ccc1C. The molecule has 0 aliphatic heterocycles. The lowest BCUT2D eigenvalue weighted by Gasteiger charge is -2.17. The van der Waals surface area contributed by atoms with Gasteiger partial charge in [0.1, 0.15) is 0 Å². The normalized spacial score (nSPS) is 12.7. The maximum Gasteiger partial charge on any atom is 0.0949 e. The molecule has 4 heteroatoms. The van der Waals surface area contributed by atoms with Crippen molar-refractivity contribution in [3.8, 4) is 0 Å². The van der Waals surface area contributed by atoms with Crippen LogP contribution in [0.3, 0.4) is 0 Å². The fourth-order valence-corrected chi connectivity index (χ4v) is 2.37. The monoisotopic (exact) mass is 313 g/mol. The van der Waals surface area contributed by atoms with E-state index in [1.807, 2.05) is 30.9 Å². The zero-order valence-electron chi connectivity index (χ0n) is 14.6. The van der Waals surface area contributed by atoms with Gasteiger partial charge in [0, 0.05) is 18.1 Å². The molecule has 1 heterocycles. The highest BCUT2D eigenvalue weighted by Crippen LogP contribution is 2.23. The van der Waals surface area contributed by atoms with Gasteiger partial charge >= 0.3 is 0 Å². The van der Waals surface area contributed by atoms with Gasteiger partial charge in [0.15, 0.2) is 0 Å². The van der Waals surface area contributed by atoms with E-state index in [1.54, 1.807) is 6.20 Å². The Morgan fingerprint density at radius 3 is 2.74 bits per heavy atom. The largest absolute Gasteiger partial charge is 0.390 e. The van der Waals surface area contributed by atoms with E-state index in [9.17, 15) is 5.11 Å².